The van der Waals surface area contributed by atoms with Gasteiger partial charge in [0.1, 0.15) is 0 Å². The van der Waals surface area contributed by atoms with Gasteiger partial charge in [0.25, 0.3) is 0 Å². The third-order valence-corrected chi connectivity index (χ3v) is 3.26. The fourth-order valence-corrected chi connectivity index (χ4v) is 2.13. The highest BCUT2D eigenvalue weighted by atomic mass is 79.9. The molecule has 0 radical (unpaired) electrons. The van der Waals surface area contributed by atoms with E-state index in [1.54, 1.807) is 0 Å². The first-order valence-electron chi connectivity index (χ1n) is 4.91. The van der Waals surface area contributed by atoms with Gasteiger partial charge in [0, 0.05) is 35.8 Å². The Kier molecular flexibility index (Phi) is 3.08. The Labute approximate surface area is 92.7 Å². The van der Waals surface area contributed by atoms with Crippen molar-refractivity contribution >= 4 is 21.6 Å². The average Bonchev–Trinajstić information content (AvgIpc) is 2.67. The summed E-state index contributed by atoms with van der Waals surface area (Å²) >= 11 is 3.42. The van der Waals surface area contributed by atoms with Gasteiger partial charge in [-0.05, 0) is 30.7 Å². The molecule has 1 aliphatic heterocycles. The summed E-state index contributed by atoms with van der Waals surface area (Å²) in [5.74, 6) is 0.457. The Bertz CT molecular complexity index is 299. The maximum Gasteiger partial charge on any atom is 0.0476 e. The van der Waals surface area contributed by atoms with Gasteiger partial charge in [0.15, 0.2) is 0 Å². The van der Waals surface area contributed by atoms with Gasteiger partial charge in [-0.1, -0.05) is 15.9 Å². The van der Waals surface area contributed by atoms with Crippen LogP contribution in [0.4, 0.5) is 5.69 Å². The lowest BCUT2D eigenvalue weighted by Gasteiger charge is -2.18. The minimum Gasteiger partial charge on any atom is -0.396 e. The molecule has 0 saturated carbocycles. The van der Waals surface area contributed by atoms with Gasteiger partial charge >= 0.3 is 0 Å². The lowest BCUT2D eigenvalue weighted by atomic mass is 10.1. The minimum absolute atomic E-state index is 0.313. The molecule has 2 nitrogen and oxygen atoms in total. The molecule has 2 rings (SSSR count). The van der Waals surface area contributed by atoms with Crippen LogP contribution >= 0.6 is 15.9 Å². The highest BCUT2D eigenvalue weighted by molar-refractivity contribution is 9.10. The molecule has 0 aromatic heterocycles. The molecule has 0 bridgehead atoms. The van der Waals surface area contributed by atoms with Crippen molar-refractivity contribution in [3.8, 4) is 0 Å². The van der Waals surface area contributed by atoms with Gasteiger partial charge in [-0.3, -0.25) is 0 Å². The molecule has 0 aliphatic carbocycles. The maximum atomic E-state index is 9.04. The molecule has 0 spiro atoms. The Balaban J connectivity index is 2.06. The highest BCUT2D eigenvalue weighted by Crippen LogP contribution is 2.24. The van der Waals surface area contributed by atoms with E-state index >= 15 is 0 Å². The third-order valence-electron chi connectivity index (χ3n) is 2.74. The fraction of sp³-hybridized carbons (Fsp3) is 0.455. The summed E-state index contributed by atoms with van der Waals surface area (Å²) in [5, 5.41) is 9.04. The summed E-state index contributed by atoms with van der Waals surface area (Å²) in [5.41, 5.74) is 1.25. The quantitative estimate of drug-likeness (QED) is 0.877. The Morgan fingerprint density at radius 3 is 2.64 bits per heavy atom. The molecule has 1 saturated heterocycles. The molecule has 0 amide bonds. The first-order valence-corrected chi connectivity index (χ1v) is 5.70. The van der Waals surface area contributed by atoms with Crippen LogP contribution in [-0.2, 0) is 0 Å². The van der Waals surface area contributed by atoms with E-state index in [9.17, 15) is 0 Å². The lowest BCUT2D eigenvalue weighted by Crippen LogP contribution is -2.20. The van der Waals surface area contributed by atoms with Crippen molar-refractivity contribution in [2.45, 2.75) is 6.42 Å². The van der Waals surface area contributed by atoms with Crippen molar-refractivity contribution in [1.82, 2.24) is 0 Å². The van der Waals surface area contributed by atoms with Crippen LogP contribution in [0.15, 0.2) is 28.7 Å². The Morgan fingerprint density at radius 2 is 2.07 bits per heavy atom. The van der Waals surface area contributed by atoms with Crippen molar-refractivity contribution < 1.29 is 5.11 Å². The summed E-state index contributed by atoms with van der Waals surface area (Å²) in [6.45, 7) is 2.36. The monoisotopic (exact) mass is 255 g/mol. The molecular formula is C11H14BrNO. The van der Waals surface area contributed by atoms with E-state index in [1.807, 2.05) is 0 Å². The van der Waals surface area contributed by atoms with Gasteiger partial charge in [-0.2, -0.15) is 0 Å². The van der Waals surface area contributed by atoms with Gasteiger partial charge in [0.05, 0.1) is 0 Å². The SMILES string of the molecule is OCC1CCN(c2ccc(Br)cc2)C1. The van der Waals surface area contributed by atoms with Crippen LogP contribution < -0.4 is 4.90 Å². The molecule has 76 valence electrons. The van der Waals surface area contributed by atoms with Crippen molar-refractivity contribution in [3.63, 3.8) is 0 Å². The topological polar surface area (TPSA) is 23.5 Å². The van der Waals surface area contributed by atoms with Crippen LogP contribution in [0.1, 0.15) is 6.42 Å². The molecule has 1 N–H and O–H groups in total. The second-order valence-corrected chi connectivity index (χ2v) is 4.68. The zero-order valence-corrected chi connectivity index (χ0v) is 9.57. The van der Waals surface area contributed by atoms with Gasteiger partial charge in [-0.25, -0.2) is 0 Å². The summed E-state index contributed by atoms with van der Waals surface area (Å²) in [4.78, 5) is 2.33. The van der Waals surface area contributed by atoms with E-state index in [1.165, 1.54) is 5.69 Å². The molecule has 1 unspecified atom stereocenters. The summed E-state index contributed by atoms with van der Waals surface area (Å²) in [7, 11) is 0. The Hall–Kier alpha value is -0.540. The summed E-state index contributed by atoms with van der Waals surface area (Å²) in [6.07, 6.45) is 1.10. The molecule has 1 aromatic carbocycles. The number of nitrogens with zero attached hydrogens (tertiary/aromatic N) is 1. The van der Waals surface area contributed by atoms with E-state index < -0.39 is 0 Å². The number of hydrogen-bond acceptors (Lipinski definition) is 2. The van der Waals surface area contributed by atoms with Crippen LogP contribution in [0.3, 0.4) is 0 Å². The number of anilines is 1. The second-order valence-electron chi connectivity index (χ2n) is 3.76. The molecular weight excluding hydrogens is 242 g/mol. The first kappa shape index (κ1) is 9.99. The van der Waals surface area contributed by atoms with Crippen molar-refractivity contribution in [1.29, 1.82) is 0 Å². The number of aliphatic hydroxyl groups is 1. The first-order chi connectivity index (χ1) is 6.79. The molecule has 1 aliphatic rings. The van der Waals surface area contributed by atoms with Crippen molar-refractivity contribution in [2.75, 3.05) is 24.6 Å². The molecule has 3 heteroatoms. The summed E-state index contributed by atoms with van der Waals surface area (Å²) in [6, 6.07) is 8.34. The average molecular weight is 256 g/mol. The van der Waals surface area contributed by atoms with Crippen LogP contribution in [-0.4, -0.2) is 24.8 Å². The zero-order valence-electron chi connectivity index (χ0n) is 7.99. The van der Waals surface area contributed by atoms with Gasteiger partial charge in [-0.15, -0.1) is 0 Å². The number of rotatable bonds is 2. The van der Waals surface area contributed by atoms with E-state index in [0.717, 1.165) is 24.0 Å². The van der Waals surface area contributed by atoms with E-state index in [2.05, 4.69) is 45.1 Å². The minimum atomic E-state index is 0.313. The molecule has 14 heavy (non-hydrogen) atoms. The molecule has 1 heterocycles. The third kappa shape index (κ3) is 2.10. The number of aliphatic hydroxyl groups excluding tert-OH is 1. The normalized spacial score (nSPS) is 21.6. The number of halogens is 1. The van der Waals surface area contributed by atoms with Crippen LogP contribution in [0.5, 0.6) is 0 Å². The van der Waals surface area contributed by atoms with E-state index in [4.69, 9.17) is 5.11 Å². The Morgan fingerprint density at radius 1 is 1.36 bits per heavy atom. The lowest BCUT2D eigenvalue weighted by molar-refractivity contribution is 0.238. The maximum absolute atomic E-state index is 9.04. The highest BCUT2D eigenvalue weighted by Gasteiger charge is 2.21. The molecule has 1 fully saturated rings. The number of benzene rings is 1. The smallest absolute Gasteiger partial charge is 0.0476 e. The zero-order chi connectivity index (χ0) is 9.97. The summed E-state index contributed by atoms with van der Waals surface area (Å²) < 4.78 is 1.11. The van der Waals surface area contributed by atoms with Gasteiger partial charge in [0.2, 0.25) is 0 Å². The number of hydrogen-bond donors (Lipinski definition) is 1. The standard InChI is InChI=1S/C11H14BrNO/c12-10-1-3-11(4-2-10)13-6-5-9(7-13)8-14/h1-4,9,14H,5-8H2. The van der Waals surface area contributed by atoms with Crippen LogP contribution in [0.2, 0.25) is 0 Å². The van der Waals surface area contributed by atoms with E-state index in [-0.39, 0.29) is 0 Å². The van der Waals surface area contributed by atoms with Crippen molar-refractivity contribution in [3.05, 3.63) is 28.7 Å². The van der Waals surface area contributed by atoms with E-state index in [0.29, 0.717) is 12.5 Å². The molecule has 1 aromatic rings. The predicted molar refractivity (Wildman–Crippen MR) is 61.5 cm³/mol. The largest absolute Gasteiger partial charge is 0.396 e. The second kappa shape index (κ2) is 4.32. The van der Waals surface area contributed by atoms with Gasteiger partial charge < -0.3 is 10.0 Å². The molecule has 1 atom stereocenters. The van der Waals surface area contributed by atoms with Crippen LogP contribution in [0.25, 0.3) is 0 Å². The van der Waals surface area contributed by atoms with Crippen molar-refractivity contribution in [2.24, 2.45) is 5.92 Å². The fourth-order valence-electron chi connectivity index (χ4n) is 1.87. The van der Waals surface area contributed by atoms with Crippen LogP contribution in [0, 0.1) is 5.92 Å². The predicted octanol–water partition coefficient (Wildman–Crippen LogP) is 2.27.